The first-order chi connectivity index (χ1) is 5.61. The van der Waals surface area contributed by atoms with Crippen LogP contribution in [0.3, 0.4) is 0 Å². The number of hydroxylamine groups is 1. The maximum Gasteiger partial charge on any atom is 0.268 e. The zero-order chi connectivity index (χ0) is 9.14. The lowest BCUT2D eigenvalue weighted by atomic mass is 10.3. The molecule has 0 spiro atoms. The number of rotatable bonds is 2. The maximum absolute atomic E-state index is 11.1. The van der Waals surface area contributed by atoms with Crippen LogP contribution >= 0.6 is 15.9 Å². The summed E-state index contributed by atoms with van der Waals surface area (Å²) in [7, 11) is 0. The quantitative estimate of drug-likeness (QED) is 0.625. The fraction of sp³-hybridized carbons (Fsp3) is 0.667. The number of hydrogen-bond donors (Lipinski definition) is 2. The van der Waals surface area contributed by atoms with Gasteiger partial charge >= 0.3 is 0 Å². The van der Waals surface area contributed by atoms with Crippen molar-refractivity contribution in [2.24, 2.45) is 0 Å². The van der Waals surface area contributed by atoms with E-state index in [0.29, 0.717) is 0 Å². The summed E-state index contributed by atoms with van der Waals surface area (Å²) in [6.07, 6.45) is 0. The molecule has 5 nitrogen and oxygen atoms in total. The molecule has 6 heteroatoms. The Morgan fingerprint density at radius 1 is 1.92 bits per heavy atom. The minimum absolute atomic E-state index is 0.185. The fourth-order valence-electron chi connectivity index (χ4n) is 0.737. The molecule has 1 heterocycles. The predicted molar refractivity (Wildman–Crippen MR) is 44.4 cm³/mol. The van der Waals surface area contributed by atoms with Crippen molar-refractivity contribution in [1.29, 1.82) is 0 Å². The first kappa shape index (κ1) is 9.47. The first-order valence-electron chi connectivity index (χ1n) is 3.47. The van der Waals surface area contributed by atoms with Gasteiger partial charge in [-0.2, -0.15) is 0 Å². The molecule has 0 aromatic heterocycles. The first-order valence-corrected chi connectivity index (χ1v) is 4.39. The largest absolute Gasteiger partial charge is 0.341 e. The number of carbonyl (C=O) groups is 2. The van der Waals surface area contributed by atoms with Crippen LogP contribution in [0, 0.1) is 0 Å². The van der Waals surface area contributed by atoms with Gasteiger partial charge in [0, 0.05) is 0 Å². The summed E-state index contributed by atoms with van der Waals surface area (Å²) < 4.78 is 0. The molecular weight excluding hydrogens is 228 g/mol. The average Bonchev–Trinajstić information content (AvgIpc) is 2.36. The van der Waals surface area contributed by atoms with Crippen LogP contribution in [0.2, 0.25) is 0 Å². The Labute approximate surface area is 77.9 Å². The molecule has 0 aromatic rings. The van der Waals surface area contributed by atoms with Crippen molar-refractivity contribution in [2.75, 3.05) is 6.61 Å². The fourth-order valence-corrected chi connectivity index (χ4v) is 0.869. The van der Waals surface area contributed by atoms with Crippen molar-refractivity contribution >= 4 is 27.7 Å². The van der Waals surface area contributed by atoms with Crippen molar-refractivity contribution in [2.45, 2.75) is 17.8 Å². The average molecular weight is 237 g/mol. The highest BCUT2D eigenvalue weighted by Gasteiger charge is 2.27. The third-order valence-electron chi connectivity index (χ3n) is 1.42. The van der Waals surface area contributed by atoms with Crippen LogP contribution in [0.1, 0.15) is 6.92 Å². The van der Waals surface area contributed by atoms with Crippen molar-refractivity contribution in [1.82, 2.24) is 10.8 Å². The van der Waals surface area contributed by atoms with Crippen molar-refractivity contribution in [3.05, 3.63) is 0 Å². The molecule has 1 aliphatic rings. The molecular formula is C6H9BrN2O3. The number of nitrogens with one attached hydrogen (secondary N) is 2. The molecule has 1 saturated heterocycles. The Balaban J connectivity index is 2.40. The van der Waals surface area contributed by atoms with Gasteiger partial charge in [-0.15, -0.1) is 0 Å². The minimum atomic E-state index is -0.558. The molecule has 2 N–H and O–H groups in total. The monoisotopic (exact) mass is 236 g/mol. The van der Waals surface area contributed by atoms with Gasteiger partial charge in [0.1, 0.15) is 12.6 Å². The van der Waals surface area contributed by atoms with E-state index in [2.05, 4.69) is 31.6 Å². The lowest BCUT2D eigenvalue weighted by molar-refractivity contribution is -0.128. The van der Waals surface area contributed by atoms with E-state index in [9.17, 15) is 9.59 Å². The predicted octanol–water partition coefficient (Wildman–Crippen LogP) is -0.684. The lowest BCUT2D eigenvalue weighted by Crippen LogP contribution is -2.44. The van der Waals surface area contributed by atoms with Gasteiger partial charge < -0.3 is 5.32 Å². The molecule has 1 rings (SSSR count). The van der Waals surface area contributed by atoms with Crippen LogP contribution in [-0.4, -0.2) is 29.3 Å². The van der Waals surface area contributed by atoms with Gasteiger partial charge in [-0.1, -0.05) is 15.9 Å². The van der Waals surface area contributed by atoms with E-state index in [1.165, 1.54) is 0 Å². The standard InChI is InChI=1S/C6H9BrN2O3/c1-3(7)5(10)8-4-2-12-9-6(4)11/h3-4H,2H2,1H3,(H,8,10)(H,9,11). The number of amides is 2. The topological polar surface area (TPSA) is 67.4 Å². The maximum atomic E-state index is 11.1. The van der Waals surface area contributed by atoms with Crippen LogP contribution in [0.5, 0.6) is 0 Å². The Morgan fingerprint density at radius 2 is 2.58 bits per heavy atom. The van der Waals surface area contributed by atoms with Gasteiger partial charge in [-0.05, 0) is 6.92 Å². The molecule has 1 aliphatic heterocycles. The summed E-state index contributed by atoms with van der Waals surface area (Å²) in [5, 5.41) is 2.51. The number of carbonyl (C=O) groups excluding carboxylic acids is 2. The number of alkyl halides is 1. The number of hydrogen-bond acceptors (Lipinski definition) is 3. The highest BCUT2D eigenvalue weighted by molar-refractivity contribution is 9.10. The zero-order valence-corrected chi connectivity index (χ0v) is 8.05. The molecule has 68 valence electrons. The molecule has 2 unspecified atom stereocenters. The van der Waals surface area contributed by atoms with Crippen molar-refractivity contribution in [3.63, 3.8) is 0 Å². The Kier molecular flexibility index (Phi) is 3.05. The van der Waals surface area contributed by atoms with E-state index >= 15 is 0 Å². The van der Waals surface area contributed by atoms with E-state index in [4.69, 9.17) is 0 Å². The summed E-state index contributed by atoms with van der Waals surface area (Å²) in [6, 6.07) is -0.558. The van der Waals surface area contributed by atoms with E-state index in [0.717, 1.165) is 0 Å². The summed E-state index contributed by atoms with van der Waals surface area (Å²) in [4.78, 5) is 26.2. The highest BCUT2D eigenvalue weighted by atomic mass is 79.9. The zero-order valence-electron chi connectivity index (χ0n) is 6.46. The Hall–Kier alpha value is -0.620. The smallest absolute Gasteiger partial charge is 0.268 e. The lowest BCUT2D eigenvalue weighted by Gasteiger charge is -2.08. The molecule has 1 fully saturated rings. The van der Waals surface area contributed by atoms with Gasteiger partial charge in [0.25, 0.3) is 5.91 Å². The van der Waals surface area contributed by atoms with E-state index in [1.54, 1.807) is 6.92 Å². The summed E-state index contributed by atoms with van der Waals surface area (Å²) >= 11 is 3.08. The summed E-state index contributed by atoms with van der Waals surface area (Å²) in [5.41, 5.74) is 2.14. The van der Waals surface area contributed by atoms with E-state index < -0.39 is 6.04 Å². The van der Waals surface area contributed by atoms with E-state index in [1.807, 2.05) is 0 Å². The number of halogens is 1. The third kappa shape index (κ3) is 2.18. The van der Waals surface area contributed by atoms with Crippen LogP contribution < -0.4 is 10.8 Å². The van der Waals surface area contributed by atoms with Gasteiger partial charge in [-0.25, -0.2) is 5.48 Å². The molecule has 0 aliphatic carbocycles. The molecule has 0 saturated carbocycles. The highest BCUT2D eigenvalue weighted by Crippen LogP contribution is 2.00. The van der Waals surface area contributed by atoms with Gasteiger partial charge in [0.15, 0.2) is 0 Å². The van der Waals surface area contributed by atoms with Crippen LogP contribution in [0.15, 0.2) is 0 Å². The van der Waals surface area contributed by atoms with Crippen LogP contribution in [-0.2, 0) is 14.4 Å². The second-order valence-electron chi connectivity index (χ2n) is 2.45. The second-order valence-corrected chi connectivity index (χ2v) is 3.83. The van der Waals surface area contributed by atoms with Crippen LogP contribution in [0.25, 0.3) is 0 Å². The molecule has 0 aromatic carbocycles. The van der Waals surface area contributed by atoms with E-state index in [-0.39, 0.29) is 23.2 Å². The summed E-state index contributed by atoms with van der Waals surface area (Å²) in [5.74, 6) is -0.530. The van der Waals surface area contributed by atoms with Gasteiger partial charge in [0.2, 0.25) is 5.91 Å². The third-order valence-corrected chi connectivity index (χ3v) is 1.83. The molecule has 2 atom stereocenters. The minimum Gasteiger partial charge on any atom is -0.341 e. The molecule has 0 radical (unpaired) electrons. The molecule has 0 bridgehead atoms. The Morgan fingerprint density at radius 3 is 3.00 bits per heavy atom. The van der Waals surface area contributed by atoms with Crippen LogP contribution in [0.4, 0.5) is 0 Å². The summed E-state index contributed by atoms with van der Waals surface area (Å²) in [6.45, 7) is 1.87. The normalized spacial score (nSPS) is 24.8. The Bertz CT molecular complexity index is 207. The second kappa shape index (κ2) is 3.86. The van der Waals surface area contributed by atoms with Crippen molar-refractivity contribution < 1.29 is 14.4 Å². The van der Waals surface area contributed by atoms with Gasteiger partial charge in [0.05, 0.1) is 4.83 Å². The van der Waals surface area contributed by atoms with Crippen molar-refractivity contribution in [3.8, 4) is 0 Å². The van der Waals surface area contributed by atoms with Gasteiger partial charge in [-0.3, -0.25) is 14.4 Å². The molecule has 2 amide bonds. The molecule has 12 heavy (non-hydrogen) atoms. The SMILES string of the molecule is CC(Br)C(=O)NC1CONC1=O.